The number of ether oxygens (including phenoxy) is 1. The van der Waals surface area contributed by atoms with Crippen LogP contribution in [0, 0.1) is 11.3 Å². The van der Waals surface area contributed by atoms with Crippen LogP contribution in [0.4, 0.5) is 0 Å². The van der Waals surface area contributed by atoms with Gasteiger partial charge in [0.1, 0.15) is 0 Å². The molecule has 4 nitrogen and oxygen atoms in total. The largest absolute Gasteiger partial charge is 0.465 e. The highest BCUT2D eigenvalue weighted by Crippen LogP contribution is 2.19. The Morgan fingerprint density at radius 3 is 2.95 bits per heavy atom. The molecule has 2 aromatic rings. The molecular formula is C15H11ClN2O2. The smallest absolute Gasteiger partial charge is 0.339 e. The number of benzene rings is 1. The van der Waals surface area contributed by atoms with E-state index in [1.54, 1.807) is 36.5 Å². The molecule has 0 fully saturated rings. The van der Waals surface area contributed by atoms with Crippen molar-refractivity contribution in [1.29, 1.82) is 5.26 Å². The van der Waals surface area contributed by atoms with Crippen LogP contribution in [0.5, 0.6) is 0 Å². The van der Waals surface area contributed by atoms with Crippen LogP contribution in [-0.4, -0.2) is 18.1 Å². The predicted molar refractivity (Wildman–Crippen MR) is 74.5 cm³/mol. The Bertz CT molecular complexity index is 693. The number of hydrogen-bond donors (Lipinski definition) is 0. The van der Waals surface area contributed by atoms with Gasteiger partial charge in [0, 0.05) is 17.6 Å². The number of methoxy groups -OCH3 is 1. The van der Waals surface area contributed by atoms with Gasteiger partial charge in [-0.3, -0.25) is 4.98 Å². The molecule has 20 heavy (non-hydrogen) atoms. The Kier molecular flexibility index (Phi) is 4.34. The maximum atomic E-state index is 11.7. The summed E-state index contributed by atoms with van der Waals surface area (Å²) in [5.74, 6) is -0.435. The summed E-state index contributed by atoms with van der Waals surface area (Å²) in [6.45, 7) is 0. The molecule has 0 bridgehead atoms. The zero-order valence-corrected chi connectivity index (χ0v) is 11.5. The van der Waals surface area contributed by atoms with Crippen molar-refractivity contribution >= 4 is 17.6 Å². The van der Waals surface area contributed by atoms with Crippen molar-refractivity contribution in [2.45, 2.75) is 6.42 Å². The van der Waals surface area contributed by atoms with Crippen LogP contribution >= 0.6 is 11.6 Å². The molecule has 0 saturated heterocycles. The topological polar surface area (TPSA) is 63.0 Å². The first-order chi connectivity index (χ1) is 9.63. The molecule has 0 aliphatic heterocycles. The number of aromatic nitrogens is 1. The maximum absolute atomic E-state index is 11.7. The third-order valence-electron chi connectivity index (χ3n) is 2.75. The van der Waals surface area contributed by atoms with Crippen molar-refractivity contribution in [3.63, 3.8) is 0 Å². The summed E-state index contributed by atoms with van der Waals surface area (Å²) >= 11 is 5.96. The normalized spacial score (nSPS) is 9.85. The summed E-state index contributed by atoms with van der Waals surface area (Å²) < 4.78 is 4.73. The standard InChI is InChI=1S/C15H11ClN2O2/c1-20-15(19)13-3-2-4-18-14(13)8-10-5-11(9-17)7-12(16)6-10/h2-7H,8H2,1H3. The van der Waals surface area contributed by atoms with Gasteiger partial charge in [-0.15, -0.1) is 0 Å². The number of carbonyl (C=O) groups excluding carboxylic acids is 1. The monoisotopic (exact) mass is 286 g/mol. The fourth-order valence-corrected chi connectivity index (χ4v) is 2.14. The van der Waals surface area contributed by atoms with Gasteiger partial charge in [0.15, 0.2) is 0 Å². The fraction of sp³-hybridized carbons (Fsp3) is 0.133. The summed E-state index contributed by atoms with van der Waals surface area (Å²) in [6, 6.07) is 10.4. The molecule has 0 aliphatic rings. The van der Waals surface area contributed by atoms with Crippen molar-refractivity contribution in [2.75, 3.05) is 7.11 Å². The molecule has 5 heteroatoms. The van der Waals surface area contributed by atoms with Crippen molar-refractivity contribution in [2.24, 2.45) is 0 Å². The summed E-state index contributed by atoms with van der Waals surface area (Å²) in [5, 5.41) is 9.42. The molecule has 0 aliphatic carbocycles. The van der Waals surface area contributed by atoms with Gasteiger partial charge < -0.3 is 4.74 Å². The number of esters is 1. The lowest BCUT2D eigenvalue weighted by molar-refractivity contribution is 0.0599. The maximum Gasteiger partial charge on any atom is 0.339 e. The number of hydrogen-bond acceptors (Lipinski definition) is 4. The minimum atomic E-state index is -0.435. The first kappa shape index (κ1) is 14.0. The Balaban J connectivity index is 2.38. The molecule has 0 spiro atoms. The molecule has 2 rings (SSSR count). The highest BCUT2D eigenvalue weighted by molar-refractivity contribution is 6.30. The minimum Gasteiger partial charge on any atom is -0.465 e. The molecule has 0 amide bonds. The number of carbonyl (C=O) groups is 1. The van der Waals surface area contributed by atoms with E-state index in [0.29, 0.717) is 28.3 Å². The third kappa shape index (κ3) is 3.14. The van der Waals surface area contributed by atoms with Crippen LogP contribution in [0.2, 0.25) is 5.02 Å². The van der Waals surface area contributed by atoms with E-state index < -0.39 is 5.97 Å². The second-order valence-electron chi connectivity index (χ2n) is 4.13. The van der Waals surface area contributed by atoms with Gasteiger partial charge in [0.25, 0.3) is 0 Å². The second-order valence-corrected chi connectivity index (χ2v) is 4.56. The molecule has 0 atom stereocenters. The van der Waals surface area contributed by atoms with Gasteiger partial charge in [-0.2, -0.15) is 5.26 Å². The Morgan fingerprint density at radius 1 is 1.45 bits per heavy atom. The summed E-state index contributed by atoms with van der Waals surface area (Å²) in [7, 11) is 1.33. The first-order valence-electron chi connectivity index (χ1n) is 5.86. The van der Waals surface area contributed by atoms with Crippen LogP contribution in [0.3, 0.4) is 0 Å². The summed E-state index contributed by atoms with van der Waals surface area (Å²) in [5.41, 5.74) is 2.29. The summed E-state index contributed by atoms with van der Waals surface area (Å²) in [6.07, 6.45) is 2.01. The molecule has 0 N–H and O–H groups in total. The Morgan fingerprint density at radius 2 is 2.25 bits per heavy atom. The van der Waals surface area contributed by atoms with Crippen LogP contribution in [0.1, 0.15) is 27.2 Å². The SMILES string of the molecule is COC(=O)c1cccnc1Cc1cc(Cl)cc(C#N)c1. The van der Waals surface area contributed by atoms with Crippen molar-refractivity contribution in [3.8, 4) is 6.07 Å². The molecular weight excluding hydrogens is 276 g/mol. The number of nitriles is 1. The van der Waals surface area contributed by atoms with Gasteiger partial charge in [-0.25, -0.2) is 4.79 Å². The number of nitrogens with zero attached hydrogens (tertiary/aromatic N) is 2. The van der Waals surface area contributed by atoms with Gasteiger partial charge in [-0.1, -0.05) is 11.6 Å². The van der Waals surface area contributed by atoms with E-state index in [0.717, 1.165) is 5.56 Å². The molecule has 0 saturated carbocycles. The number of pyridine rings is 1. The van der Waals surface area contributed by atoms with Gasteiger partial charge in [-0.05, 0) is 35.9 Å². The van der Waals surface area contributed by atoms with Crippen molar-refractivity contribution in [3.05, 3.63) is 63.9 Å². The van der Waals surface area contributed by atoms with E-state index in [2.05, 4.69) is 4.98 Å². The zero-order chi connectivity index (χ0) is 14.5. The Hall–Kier alpha value is -2.38. The van der Waals surface area contributed by atoms with Gasteiger partial charge in [0.2, 0.25) is 0 Å². The Labute approximate surface area is 121 Å². The van der Waals surface area contributed by atoms with Crippen LogP contribution in [0.25, 0.3) is 0 Å². The van der Waals surface area contributed by atoms with E-state index in [9.17, 15) is 4.79 Å². The fourth-order valence-electron chi connectivity index (χ4n) is 1.89. The lowest BCUT2D eigenvalue weighted by atomic mass is 10.0. The van der Waals surface area contributed by atoms with Gasteiger partial charge in [0.05, 0.1) is 30.0 Å². The summed E-state index contributed by atoms with van der Waals surface area (Å²) in [4.78, 5) is 15.9. The van der Waals surface area contributed by atoms with E-state index >= 15 is 0 Å². The van der Waals surface area contributed by atoms with Gasteiger partial charge >= 0.3 is 5.97 Å². The average molecular weight is 287 g/mol. The molecule has 1 aromatic heterocycles. The lowest BCUT2D eigenvalue weighted by Crippen LogP contribution is -2.07. The second kappa shape index (κ2) is 6.18. The van der Waals surface area contributed by atoms with E-state index in [1.807, 2.05) is 6.07 Å². The number of halogens is 1. The highest BCUT2D eigenvalue weighted by atomic mass is 35.5. The van der Waals surface area contributed by atoms with E-state index in [1.165, 1.54) is 7.11 Å². The van der Waals surface area contributed by atoms with Crippen LogP contribution < -0.4 is 0 Å². The quantitative estimate of drug-likeness (QED) is 0.814. The zero-order valence-electron chi connectivity index (χ0n) is 10.8. The molecule has 1 heterocycles. The van der Waals surface area contributed by atoms with E-state index in [4.69, 9.17) is 21.6 Å². The third-order valence-corrected chi connectivity index (χ3v) is 2.97. The van der Waals surface area contributed by atoms with Crippen molar-refractivity contribution in [1.82, 2.24) is 4.98 Å². The van der Waals surface area contributed by atoms with E-state index in [-0.39, 0.29) is 0 Å². The molecule has 1 aromatic carbocycles. The van der Waals surface area contributed by atoms with Crippen LogP contribution in [-0.2, 0) is 11.2 Å². The minimum absolute atomic E-state index is 0.403. The lowest BCUT2D eigenvalue weighted by Gasteiger charge is -2.07. The van der Waals surface area contributed by atoms with Crippen LogP contribution in [0.15, 0.2) is 36.5 Å². The molecule has 100 valence electrons. The van der Waals surface area contributed by atoms with Crippen molar-refractivity contribution < 1.29 is 9.53 Å². The highest BCUT2D eigenvalue weighted by Gasteiger charge is 2.13. The molecule has 0 unspecified atom stereocenters. The first-order valence-corrected chi connectivity index (χ1v) is 6.23. The average Bonchev–Trinajstić information content (AvgIpc) is 2.46. The molecule has 0 radical (unpaired) electrons. The predicted octanol–water partition coefficient (Wildman–Crippen LogP) is 2.98. The number of rotatable bonds is 3.